The van der Waals surface area contributed by atoms with Gasteiger partial charge in [0.15, 0.2) is 5.11 Å². The Hall–Kier alpha value is -1.96. The molecule has 2 aromatic rings. The number of anilines is 1. The molecule has 0 aromatic heterocycles. The predicted molar refractivity (Wildman–Crippen MR) is 85.8 cm³/mol. The third-order valence-electron chi connectivity index (χ3n) is 2.71. The highest BCUT2D eigenvalue weighted by molar-refractivity contribution is 7.85. The fourth-order valence-corrected chi connectivity index (χ4v) is 2.33. The average molecular weight is 322 g/mol. The summed E-state index contributed by atoms with van der Waals surface area (Å²) >= 11 is 5.15. The van der Waals surface area contributed by atoms with Gasteiger partial charge in [0.05, 0.1) is 4.90 Å². The van der Waals surface area contributed by atoms with Crippen molar-refractivity contribution in [1.82, 2.24) is 5.32 Å². The molecule has 3 N–H and O–H groups in total. The van der Waals surface area contributed by atoms with Crippen LogP contribution in [-0.2, 0) is 16.7 Å². The molecule has 7 heteroatoms. The largest absolute Gasteiger partial charge is 0.358 e. The molecule has 0 aliphatic carbocycles. The van der Waals surface area contributed by atoms with Crippen LogP contribution in [0.5, 0.6) is 0 Å². The number of hydrogen-bond donors (Lipinski definition) is 3. The van der Waals surface area contributed by atoms with E-state index in [0.29, 0.717) is 17.3 Å². The van der Waals surface area contributed by atoms with Crippen molar-refractivity contribution in [2.45, 2.75) is 11.4 Å². The Morgan fingerprint density at radius 3 is 2.24 bits per heavy atom. The molecule has 0 atom stereocenters. The first kappa shape index (κ1) is 15.4. The van der Waals surface area contributed by atoms with Crippen LogP contribution in [0.4, 0.5) is 5.69 Å². The molecule has 0 bridgehead atoms. The first-order chi connectivity index (χ1) is 9.95. The molecule has 21 heavy (non-hydrogen) atoms. The highest BCUT2D eigenvalue weighted by atomic mass is 32.2. The van der Waals surface area contributed by atoms with Gasteiger partial charge in [0.1, 0.15) is 0 Å². The standard InChI is InChI=1S/C14H14N2O3S2/c17-21(18,19)13-8-6-12(7-9-13)16-14(20)15-10-11-4-2-1-3-5-11/h1-9H,10H2,(H2,15,16,20)(H,17,18,19). The van der Waals surface area contributed by atoms with Gasteiger partial charge in [-0.25, -0.2) is 0 Å². The molecule has 0 aliphatic heterocycles. The molecular formula is C14H14N2O3S2. The SMILES string of the molecule is O=S(=O)(O)c1ccc(NC(=S)NCc2ccccc2)cc1. The number of nitrogens with one attached hydrogen (secondary N) is 2. The second kappa shape index (κ2) is 6.66. The molecule has 0 aliphatic rings. The van der Waals surface area contributed by atoms with Crippen LogP contribution in [0.2, 0.25) is 0 Å². The fraction of sp³-hybridized carbons (Fsp3) is 0.0714. The average Bonchev–Trinajstić information content (AvgIpc) is 2.46. The van der Waals surface area contributed by atoms with Crippen molar-refractivity contribution in [2.24, 2.45) is 0 Å². The number of thiocarbonyl (C=S) groups is 1. The Bertz CT molecular complexity index is 714. The summed E-state index contributed by atoms with van der Waals surface area (Å²) in [6, 6.07) is 15.5. The van der Waals surface area contributed by atoms with E-state index in [1.165, 1.54) is 24.3 Å². The highest BCUT2D eigenvalue weighted by Gasteiger charge is 2.08. The topological polar surface area (TPSA) is 78.4 Å². The maximum Gasteiger partial charge on any atom is 0.294 e. The molecule has 2 aromatic carbocycles. The Labute approximate surface area is 128 Å². The Morgan fingerprint density at radius 1 is 1.05 bits per heavy atom. The van der Waals surface area contributed by atoms with Crippen molar-refractivity contribution >= 4 is 33.1 Å². The van der Waals surface area contributed by atoms with Crippen molar-refractivity contribution < 1.29 is 13.0 Å². The lowest BCUT2D eigenvalue weighted by molar-refractivity contribution is 0.483. The molecule has 0 spiro atoms. The molecule has 5 nitrogen and oxygen atoms in total. The van der Waals surface area contributed by atoms with E-state index in [9.17, 15) is 8.42 Å². The molecule has 110 valence electrons. The smallest absolute Gasteiger partial charge is 0.294 e. The zero-order valence-electron chi connectivity index (χ0n) is 11.0. The van der Waals surface area contributed by atoms with Crippen LogP contribution in [0.1, 0.15) is 5.56 Å². The van der Waals surface area contributed by atoms with Gasteiger partial charge < -0.3 is 10.6 Å². The van der Waals surface area contributed by atoms with Crippen LogP contribution in [-0.4, -0.2) is 18.1 Å². The summed E-state index contributed by atoms with van der Waals surface area (Å²) in [4.78, 5) is -0.156. The summed E-state index contributed by atoms with van der Waals surface area (Å²) in [5.74, 6) is 0. The van der Waals surface area contributed by atoms with E-state index in [0.717, 1.165) is 5.56 Å². The summed E-state index contributed by atoms with van der Waals surface area (Å²) in [6.07, 6.45) is 0. The molecule has 0 fully saturated rings. The minimum atomic E-state index is -4.17. The van der Waals surface area contributed by atoms with Gasteiger partial charge in [-0.3, -0.25) is 4.55 Å². The Balaban J connectivity index is 1.91. The maximum atomic E-state index is 10.9. The van der Waals surface area contributed by atoms with Gasteiger partial charge in [0, 0.05) is 12.2 Å². The summed E-state index contributed by atoms with van der Waals surface area (Å²) in [5.41, 5.74) is 1.73. The van der Waals surface area contributed by atoms with E-state index in [2.05, 4.69) is 10.6 Å². The first-order valence-electron chi connectivity index (χ1n) is 6.11. The Kier molecular flexibility index (Phi) is 4.89. The zero-order valence-corrected chi connectivity index (χ0v) is 12.6. The lowest BCUT2D eigenvalue weighted by atomic mass is 10.2. The molecule has 0 unspecified atom stereocenters. The van der Waals surface area contributed by atoms with Crippen molar-refractivity contribution in [1.29, 1.82) is 0 Å². The third-order valence-corrected chi connectivity index (χ3v) is 3.82. The van der Waals surface area contributed by atoms with Gasteiger partial charge in [-0.1, -0.05) is 30.3 Å². The number of benzene rings is 2. The first-order valence-corrected chi connectivity index (χ1v) is 7.96. The summed E-state index contributed by atoms with van der Waals surface area (Å²) in [7, 11) is -4.17. The number of hydrogen-bond acceptors (Lipinski definition) is 3. The van der Waals surface area contributed by atoms with Gasteiger partial charge in [0.2, 0.25) is 0 Å². The molecule has 0 radical (unpaired) electrons. The van der Waals surface area contributed by atoms with E-state index in [-0.39, 0.29) is 4.90 Å². The van der Waals surface area contributed by atoms with E-state index in [1.54, 1.807) is 0 Å². The minimum absolute atomic E-state index is 0.156. The quantitative estimate of drug-likeness (QED) is 0.593. The lowest BCUT2D eigenvalue weighted by Crippen LogP contribution is -2.27. The van der Waals surface area contributed by atoms with Crippen molar-refractivity contribution in [3.05, 3.63) is 60.2 Å². The summed E-state index contributed by atoms with van der Waals surface area (Å²) < 4.78 is 30.7. The molecule has 0 heterocycles. The molecule has 2 rings (SSSR count). The van der Waals surface area contributed by atoms with E-state index < -0.39 is 10.1 Å². The van der Waals surface area contributed by atoms with Crippen LogP contribution < -0.4 is 10.6 Å². The predicted octanol–water partition coefficient (Wildman–Crippen LogP) is 2.42. The molecule has 0 saturated carbocycles. The van der Waals surface area contributed by atoms with E-state index in [4.69, 9.17) is 16.8 Å². The number of rotatable bonds is 4. The molecular weight excluding hydrogens is 308 g/mol. The van der Waals surface area contributed by atoms with Crippen LogP contribution in [0.25, 0.3) is 0 Å². The van der Waals surface area contributed by atoms with Crippen LogP contribution in [0.15, 0.2) is 59.5 Å². The van der Waals surface area contributed by atoms with E-state index in [1.807, 2.05) is 30.3 Å². The minimum Gasteiger partial charge on any atom is -0.358 e. The van der Waals surface area contributed by atoms with Crippen molar-refractivity contribution in [2.75, 3.05) is 5.32 Å². The second-order valence-electron chi connectivity index (χ2n) is 4.29. The van der Waals surface area contributed by atoms with Gasteiger partial charge >= 0.3 is 0 Å². The highest BCUT2D eigenvalue weighted by Crippen LogP contribution is 2.13. The summed E-state index contributed by atoms with van der Waals surface area (Å²) in [6.45, 7) is 0.593. The second-order valence-corrected chi connectivity index (χ2v) is 6.12. The molecule has 0 amide bonds. The van der Waals surface area contributed by atoms with Gasteiger partial charge in [-0.2, -0.15) is 8.42 Å². The van der Waals surface area contributed by atoms with Crippen LogP contribution >= 0.6 is 12.2 Å². The van der Waals surface area contributed by atoms with E-state index >= 15 is 0 Å². The fourth-order valence-electron chi connectivity index (χ4n) is 1.66. The zero-order chi connectivity index (χ0) is 15.3. The monoisotopic (exact) mass is 322 g/mol. The van der Waals surface area contributed by atoms with Gasteiger partial charge in [-0.15, -0.1) is 0 Å². The van der Waals surface area contributed by atoms with Crippen LogP contribution in [0, 0.1) is 0 Å². The molecule has 0 saturated heterocycles. The van der Waals surface area contributed by atoms with Gasteiger partial charge in [0.25, 0.3) is 10.1 Å². The normalized spacial score (nSPS) is 10.9. The Morgan fingerprint density at radius 2 is 1.67 bits per heavy atom. The van der Waals surface area contributed by atoms with Gasteiger partial charge in [-0.05, 0) is 42.0 Å². The maximum absolute atomic E-state index is 10.9. The third kappa shape index (κ3) is 4.82. The van der Waals surface area contributed by atoms with Crippen molar-refractivity contribution in [3.8, 4) is 0 Å². The van der Waals surface area contributed by atoms with Crippen LogP contribution in [0.3, 0.4) is 0 Å². The lowest BCUT2D eigenvalue weighted by Gasteiger charge is -2.10. The van der Waals surface area contributed by atoms with Crippen molar-refractivity contribution in [3.63, 3.8) is 0 Å². The summed E-state index contributed by atoms with van der Waals surface area (Å²) in [5, 5.41) is 6.41.